The van der Waals surface area contributed by atoms with Crippen LogP contribution in [0, 0.1) is 22.7 Å². The number of hydrogen-bond acceptors (Lipinski definition) is 3. The number of fused-ring (bicyclic) bond motifs is 6. The second kappa shape index (κ2) is 15.8. The molecular weight excluding hydrogens is 803 g/mol. The molecule has 9 aromatic carbocycles. The molecule has 0 aliphatic carbocycles. The molecule has 0 fully saturated rings. The van der Waals surface area contributed by atoms with Gasteiger partial charge in [0, 0.05) is 27.1 Å². The van der Waals surface area contributed by atoms with Crippen molar-refractivity contribution in [2.45, 2.75) is 0 Å². The van der Waals surface area contributed by atoms with Gasteiger partial charge < -0.3 is 0 Å². The fraction of sp³-hybridized carbons (Fsp3) is 0. The van der Waals surface area contributed by atoms with Crippen LogP contribution in [0.3, 0.4) is 0 Å². The van der Waals surface area contributed by atoms with Crippen molar-refractivity contribution in [3.05, 3.63) is 236 Å². The smallest absolute Gasteiger partial charge is 0.140 e. The summed E-state index contributed by atoms with van der Waals surface area (Å²) in [5, 5.41) is 25.2. The van der Waals surface area contributed by atoms with Crippen LogP contribution in [0.2, 0.25) is 0 Å². The number of hydrogen-bond donors (Lipinski definition) is 0. The Bertz CT molecular complexity index is 3520. The second-order valence-electron chi connectivity index (χ2n) is 16.6. The predicted octanol–water partition coefficient (Wildman–Crippen LogP) is 15.4. The molecule has 0 radical (unpaired) electrons. The Hall–Kier alpha value is -9.29. The molecule has 5 nitrogen and oxygen atoms in total. The molecular formula is C61H37N5. The third-order valence-electron chi connectivity index (χ3n) is 12.8. The molecule has 0 aliphatic rings. The largest absolute Gasteiger partial charge is 0.294 e. The van der Waals surface area contributed by atoms with Crippen LogP contribution < -0.4 is 0 Å². The van der Waals surface area contributed by atoms with E-state index in [1.54, 1.807) is 6.07 Å². The van der Waals surface area contributed by atoms with Gasteiger partial charge in [0.2, 0.25) is 0 Å². The molecule has 0 atom stereocenters. The van der Waals surface area contributed by atoms with Crippen LogP contribution in [0.5, 0.6) is 0 Å². The molecule has 12 rings (SSSR count). The van der Waals surface area contributed by atoms with Crippen molar-refractivity contribution in [3.8, 4) is 79.4 Å². The Morgan fingerprint density at radius 2 is 0.652 bits per heavy atom. The van der Waals surface area contributed by atoms with Crippen molar-refractivity contribution in [2.75, 3.05) is 0 Å². The van der Waals surface area contributed by atoms with Gasteiger partial charge in [0.25, 0.3) is 0 Å². The Balaban J connectivity index is 1.17. The maximum absolute atomic E-state index is 10.6. The summed E-state index contributed by atoms with van der Waals surface area (Å²) in [4.78, 5) is 5.64. The summed E-state index contributed by atoms with van der Waals surface area (Å²) in [5.41, 5.74) is 15.1. The lowest BCUT2D eigenvalue weighted by Crippen LogP contribution is -2.05. The molecule has 3 aromatic heterocycles. The molecule has 0 aliphatic heterocycles. The third kappa shape index (κ3) is 6.43. The average molecular weight is 840 g/mol. The number of benzene rings is 9. The average Bonchev–Trinajstić information content (AvgIpc) is 3.90. The van der Waals surface area contributed by atoms with Crippen molar-refractivity contribution >= 4 is 43.6 Å². The maximum Gasteiger partial charge on any atom is 0.140 e. The first-order chi connectivity index (χ1) is 32.6. The zero-order chi connectivity index (χ0) is 44.1. The number of aromatic nitrogens is 3. The number of rotatable bonds is 7. The lowest BCUT2D eigenvalue weighted by atomic mass is 9.97. The summed E-state index contributed by atoms with van der Waals surface area (Å²) in [6, 6.07) is 82.8. The van der Waals surface area contributed by atoms with E-state index >= 15 is 0 Å². The van der Waals surface area contributed by atoms with Crippen LogP contribution in [-0.2, 0) is 0 Å². The first-order valence-electron chi connectivity index (χ1n) is 22.0. The molecule has 0 unspecified atom stereocenters. The zero-order valence-electron chi connectivity index (χ0n) is 35.6. The van der Waals surface area contributed by atoms with E-state index in [0.717, 1.165) is 93.7 Å². The van der Waals surface area contributed by atoms with Crippen LogP contribution in [0.25, 0.3) is 111 Å². The van der Waals surface area contributed by atoms with E-state index in [0.29, 0.717) is 28.3 Å². The van der Waals surface area contributed by atoms with Gasteiger partial charge in [-0.3, -0.25) is 9.13 Å². The molecule has 0 bridgehead atoms. The highest BCUT2D eigenvalue weighted by Crippen LogP contribution is 2.41. The minimum atomic E-state index is 0.326. The number of nitriles is 2. The van der Waals surface area contributed by atoms with E-state index in [9.17, 15) is 10.5 Å². The molecule has 306 valence electrons. The van der Waals surface area contributed by atoms with E-state index < -0.39 is 0 Å². The van der Waals surface area contributed by atoms with Gasteiger partial charge in [-0.1, -0.05) is 158 Å². The molecule has 3 heterocycles. The normalized spacial score (nSPS) is 11.3. The summed E-state index contributed by atoms with van der Waals surface area (Å²) < 4.78 is 4.49. The van der Waals surface area contributed by atoms with E-state index in [-0.39, 0.29) is 0 Å². The van der Waals surface area contributed by atoms with E-state index in [2.05, 4.69) is 203 Å². The van der Waals surface area contributed by atoms with Crippen molar-refractivity contribution in [3.63, 3.8) is 0 Å². The van der Waals surface area contributed by atoms with Crippen molar-refractivity contribution < 1.29 is 0 Å². The quantitative estimate of drug-likeness (QED) is 0.160. The lowest BCUT2D eigenvalue weighted by molar-refractivity contribution is 1.01. The van der Waals surface area contributed by atoms with Gasteiger partial charge in [-0.05, 0) is 117 Å². The van der Waals surface area contributed by atoms with Gasteiger partial charge in [-0.2, -0.15) is 10.5 Å². The first kappa shape index (κ1) is 38.4. The molecule has 12 aromatic rings. The highest BCUT2D eigenvalue weighted by Gasteiger charge is 2.22. The van der Waals surface area contributed by atoms with Crippen molar-refractivity contribution in [1.29, 1.82) is 10.5 Å². The van der Waals surface area contributed by atoms with Gasteiger partial charge in [-0.25, -0.2) is 4.98 Å². The SMILES string of the molecule is N#Cc1cccc(-c2cc(-n3c4ccc(-c5ccccc5)cc4c4cc(-c5ccccc5)ccc43)nc(-n3c4ccc(-c5ccccc5)cc4c4cc(-c5ccccc5)ccc43)c2)c1C#N. The summed E-state index contributed by atoms with van der Waals surface area (Å²) in [7, 11) is 0. The Morgan fingerprint density at radius 1 is 0.303 bits per heavy atom. The van der Waals surface area contributed by atoms with Gasteiger partial charge in [-0.15, -0.1) is 0 Å². The van der Waals surface area contributed by atoms with Crippen LogP contribution in [0.15, 0.2) is 224 Å². The molecule has 0 saturated carbocycles. The molecule has 0 spiro atoms. The van der Waals surface area contributed by atoms with E-state index in [1.165, 1.54) is 0 Å². The van der Waals surface area contributed by atoms with Gasteiger partial charge in [0.05, 0.1) is 33.2 Å². The summed E-state index contributed by atoms with van der Waals surface area (Å²) in [6.45, 7) is 0. The molecule has 5 heteroatoms. The Labute approximate surface area is 381 Å². The van der Waals surface area contributed by atoms with Crippen molar-refractivity contribution in [1.82, 2.24) is 14.1 Å². The zero-order valence-corrected chi connectivity index (χ0v) is 35.6. The second-order valence-corrected chi connectivity index (χ2v) is 16.6. The molecule has 66 heavy (non-hydrogen) atoms. The molecule has 0 saturated heterocycles. The minimum Gasteiger partial charge on any atom is -0.294 e. The monoisotopic (exact) mass is 839 g/mol. The van der Waals surface area contributed by atoms with Gasteiger partial charge in [0.15, 0.2) is 0 Å². The molecule has 0 N–H and O–H groups in total. The Kier molecular flexibility index (Phi) is 9.19. The number of nitrogens with zero attached hydrogens (tertiary/aromatic N) is 5. The highest BCUT2D eigenvalue weighted by molar-refractivity contribution is 6.13. The fourth-order valence-electron chi connectivity index (χ4n) is 9.67. The standard InChI is InChI=1S/C61H37N5/c62-38-48-22-13-23-50(55(48)39-63)49-36-60(65-56-28-24-44(40-14-5-1-6-15-40)32-51(56)52-33-45(25-29-57(52)65)41-16-7-2-8-17-41)64-61(37-49)66-58-30-26-46(42-18-9-3-10-19-42)34-53(58)54-35-47(27-31-59(54)66)43-20-11-4-12-21-43/h1-37H. The topological polar surface area (TPSA) is 70.3 Å². The maximum atomic E-state index is 10.6. The molecule has 0 amide bonds. The van der Waals surface area contributed by atoms with Crippen LogP contribution >= 0.6 is 0 Å². The van der Waals surface area contributed by atoms with Gasteiger partial charge in [0.1, 0.15) is 23.8 Å². The van der Waals surface area contributed by atoms with E-state index in [4.69, 9.17) is 4.98 Å². The summed E-state index contributed by atoms with van der Waals surface area (Å²) in [6.07, 6.45) is 0. The Morgan fingerprint density at radius 3 is 0.970 bits per heavy atom. The van der Waals surface area contributed by atoms with Crippen LogP contribution in [-0.4, -0.2) is 14.1 Å². The van der Waals surface area contributed by atoms with Crippen LogP contribution in [0.4, 0.5) is 0 Å². The van der Waals surface area contributed by atoms with Gasteiger partial charge >= 0.3 is 0 Å². The van der Waals surface area contributed by atoms with Crippen LogP contribution in [0.1, 0.15) is 11.1 Å². The summed E-state index contributed by atoms with van der Waals surface area (Å²) >= 11 is 0. The lowest BCUT2D eigenvalue weighted by Gasteiger charge is -2.16. The fourth-order valence-corrected chi connectivity index (χ4v) is 9.67. The highest BCUT2D eigenvalue weighted by atomic mass is 15.1. The van der Waals surface area contributed by atoms with Crippen molar-refractivity contribution in [2.24, 2.45) is 0 Å². The summed E-state index contributed by atoms with van der Waals surface area (Å²) in [5.74, 6) is 1.37. The number of pyridine rings is 1. The first-order valence-corrected chi connectivity index (χ1v) is 22.0. The minimum absolute atomic E-state index is 0.326. The predicted molar refractivity (Wildman–Crippen MR) is 270 cm³/mol. The third-order valence-corrected chi connectivity index (χ3v) is 12.8. The van der Waals surface area contributed by atoms with E-state index in [1.807, 2.05) is 36.4 Å².